The summed E-state index contributed by atoms with van der Waals surface area (Å²) in [5.74, 6) is 1.10. The van der Waals surface area contributed by atoms with E-state index < -0.39 is 0 Å². The second-order valence-corrected chi connectivity index (χ2v) is 7.84. The SMILES string of the molecule is COc1cccc(NC(=O)CN2C(=O)/C(=C/c3ccc(OC)c(OC)c3)SC2=S)c1. The smallest absolute Gasteiger partial charge is 0.266 e. The first-order valence-corrected chi connectivity index (χ1v) is 10.1. The summed E-state index contributed by atoms with van der Waals surface area (Å²) in [5, 5.41) is 2.75. The maximum absolute atomic E-state index is 12.8. The first-order chi connectivity index (χ1) is 14.4. The van der Waals surface area contributed by atoms with Crippen LogP contribution in [0.4, 0.5) is 5.69 Å². The predicted octanol–water partition coefficient (Wildman–Crippen LogP) is 3.55. The van der Waals surface area contributed by atoms with Crippen LogP contribution >= 0.6 is 24.0 Å². The molecular formula is C21H20N2O5S2. The number of benzene rings is 2. The lowest BCUT2D eigenvalue weighted by Crippen LogP contribution is -2.36. The number of carbonyl (C=O) groups is 2. The number of thiocarbonyl (C=S) groups is 1. The molecule has 0 spiro atoms. The number of ether oxygens (including phenoxy) is 3. The highest BCUT2D eigenvalue weighted by molar-refractivity contribution is 8.26. The molecule has 0 radical (unpaired) electrons. The normalized spacial score (nSPS) is 14.8. The number of amides is 2. The average molecular weight is 445 g/mol. The van der Waals surface area contributed by atoms with Crippen LogP contribution < -0.4 is 19.5 Å². The molecule has 2 aromatic rings. The summed E-state index contributed by atoms with van der Waals surface area (Å²) in [6.07, 6.45) is 1.71. The quantitative estimate of drug-likeness (QED) is 0.517. The molecule has 0 unspecified atom stereocenters. The molecular weight excluding hydrogens is 424 g/mol. The van der Waals surface area contributed by atoms with E-state index in [0.29, 0.717) is 32.2 Å². The Morgan fingerprint density at radius 1 is 1.10 bits per heavy atom. The molecule has 30 heavy (non-hydrogen) atoms. The highest BCUT2D eigenvalue weighted by Crippen LogP contribution is 2.34. The molecule has 1 heterocycles. The maximum Gasteiger partial charge on any atom is 0.266 e. The third-order valence-corrected chi connectivity index (χ3v) is 5.61. The Kier molecular flexibility index (Phi) is 6.96. The molecule has 0 bridgehead atoms. The van der Waals surface area contributed by atoms with Crippen LogP contribution in [-0.4, -0.2) is 48.9 Å². The number of methoxy groups -OCH3 is 3. The standard InChI is InChI=1S/C21H20N2O5S2/c1-26-15-6-4-5-14(11-15)22-19(24)12-23-20(25)18(30-21(23)29)10-13-7-8-16(27-2)17(9-13)28-3/h4-11H,12H2,1-3H3,(H,22,24)/b18-10-. The van der Waals surface area contributed by atoms with Gasteiger partial charge in [0.2, 0.25) is 5.91 Å². The molecule has 0 aromatic heterocycles. The summed E-state index contributed by atoms with van der Waals surface area (Å²) in [7, 11) is 4.65. The third kappa shape index (κ3) is 4.92. The monoisotopic (exact) mass is 444 g/mol. The van der Waals surface area contributed by atoms with Crippen molar-refractivity contribution in [1.82, 2.24) is 4.90 Å². The number of thioether (sulfide) groups is 1. The van der Waals surface area contributed by atoms with Crippen LogP contribution in [0.2, 0.25) is 0 Å². The Balaban J connectivity index is 1.71. The highest BCUT2D eigenvalue weighted by atomic mass is 32.2. The molecule has 7 nitrogen and oxygen atoms in total. The second-order valence-electron chi connectivity index (χ2n) is 6.16. The highest BCUT2D eigenvalue weighted by Gasteiger charge is 2.33. The number of anilines is 1. The van der Waals surface area contributed by atoms with Crippen molar-refractivity contribution in [2.75, 3.05) is 33.2 Å². The van der Waals surface area contributed by atoms with Crippen LogP contribution in [0.5, 0.6) is 17.2 Å². The number of hydrogen-bond donors (Lipinski definition) is 1. The van der Waals surface area contributed by atoms with Crippen LogP contribution in [0.15, 0.2) is 47.4 Å². The van der Waals surface area contributed by atoms with Gasteiger partial charge in [0, 0.05) is 11.8 Å². The van der Waals surface area contributed by atoms with E-state index in [1.165, 1.54) is 4.90 Å². The zero-order valence-electron chi connectivity index (χ0n) is 16.6. The lowest BCUT2D eigenvalue weighted by Gasteiger charge is -2.14. The van der Waals surface area contributed by atoms with E-state index in [-0.39, 0.29) is 18.4 Å². The van der Waals surface area contributed by atoms with Crippen molar-refractivity contribution in [2.24, 2.45) is 0 Å². The maximum atomic E-state index is 12.8. The Morgan fingerprint density at radius 3 is 2.57 bits per heavy atom. The molecule has 1 aliphatic rings. The van der Waals surface area contributed by atoms with Crippen molar-refractivity contribution < 1.29 is 23.8 Å². The van der Waals surface area contributed by atoms with E-state index in [1.807, 2.05) is 6.07 Å². The van der Waals surface area contributed by atoms with Gasteiger partial charge in [-0.25, -0.2) is 0 Å². The molecule has 1 N–H and O–H groups in total. The average Bonchev–Trinajstić information content (AvgIpc) is 3.01. The lowest BCUT2D eigenvalue weighted by atomic mass is 10.2. The number of hydrogen-bond acceptors (Lipinski definition) is 7. The van der Waals surface area contributed by atoms with Crippen molar-refractivity contribution in [3.05, 3.63) is 52.9 Å². The first-order valence-electron chi connectivity index (χ1n) is 8.86. The minimum absolute atomic E-state index is 0.175. The number of carbonyl (C=O) groups excluding carboxylic acids is 2. The fraction of sp³-hybridized carbons (Fsp3) is 0.190. The van der Waals surface area contributed by atoms with Gasteiger partial charge in [-0.2, -0.15) is 0 Å². The van der Waals surface area contributed by atoms with E-state index in [0.717, 1.165) is 17.3 Å². The Labute approximate surface area is 184 Å². The minimum Gasteiger partial charge on any atom is -0.497 e. The van der Waals surface area contributed by atoms with Gasteiger partial charge in [-0.1, -0.05) is 36.1 Å². The molecule has 0 atom stereocenters. The second kappa shape index (κ2) is 9.64. The van der Waals surface area contributed by atoms with Crippen molar-refractivity contribution in [3.8, 4) is 17.2 Å². The van der Waals surface area contributed by atoms with Gasteiger partial charge in [0.15, 0.2) is 11.5 Å². The zero-order valence-corrected chi connectivity index (χ0v) is 18.3. The van der Waals surface area contributed by atoms with Crippen LogP contribution in [-0.2, 0) is 9.59 Å². The van der Waals surface area contributed by atoms with E-state index in [2.05, 4.69) is 5.32 Å². The van der Waals surface area contributed by atoms with Gasteiger partial charge < -0.3 is 19.5 Å². The lowest BCUT2D eigenvalue weighted by molar-refractivity contribution is -0.126. The van der Waals surface area contributed by atoms with Gasteiger partial charge in [-0.15, -0.1) is 0 Å². The predicted molar refractivity (Wildman–Crippen MR) is 121 cm³/mol. The molecule has 1 fully saturated rings. The summed E-state index contributed by atoms with van der Waals surface area (Å²) in [5.41, 5.74) is 1.33. The summed E-state index contributed by atoms with van der Waals surface area (Å²) >= 11 is 6.46. The summed E-state index contributed by atoms with van der Waals surface area (Å²) in [6.45, 7) is -0.175. The molecule has 0 aliphatic carbocycles. The van der Waals surface area contributed by atoms with Crippen LogP contribution in [0.3, 0.4) is 0 Å². The summed E-state index contributed by atoms with van der Waals surface area (Å²) in [6, 6.07) is 12.3. The Morgan fingerprint density at radius 2 is 1.87 bits per heavy atom. The third-order valence-electron chi connectivity index (χ3n) is 4.23. The fourth-order valence-electron chi connectivity index (χ4n) is 2.78. The van der Waals surface area contributed by atoms with Crippen molar-refractivity contribution >= 4 is 51.9 Å². The van der Waals surface area contributed by atoms with Crippen molar-refractivity contribution in [3.63, 3.8) is 0 Å². The first kappa shape index (κ1) is 21.7. The van der Waals surface area contributed by atoms with Gasteiger partial charge in [0.1, 0.15) is 16.6 Å². The van der Waals surface area contributed by atoms with E-state index in [4.69, 9.17) is 26.4 Å². The molecule has 3 rings (SSSR count). The number of rotatable bonds is 7. The van der Waals surface area contributed by atoms with Gasteiger partial charge in [-0.05, 0) is 35.9 Å². The number of nitrogens with one attached hydrogen (secondary N) is 1. The van der Waals surface area contributed by atoms with E-state index in [9.17, 15) is 9.59 Å². The molecule has 9 heteroatoms. The van der Waals surface area contributed by atoms with Gasteiger partial charge in [0.05, 0.1) is 26.2 Å². The largest absolute Gasteiger partial charge is 0.497 e. The topological polar surface area (TPSA) is 77.1 Å². The molecule has 1 saturated heterocycles. The molecule has 1 aliphatic heterocycles. The molecule has 2 amide bonds. The van der Waals surface area contributed by atoms with E-state index in [1.54, 1.807) is 63.8 Å². The van der Waals surface area contributed by atoms with Crippen LogP contribution in [0.25, 0.3) is 6.08 Å². The van der Waals surface area contributed by atoms with Crippen molar-refractivity contribution in [2.45, 2.75) is 0 Å². The van der Waals surface area contributed by atoms with Gasteiger partial charge in [-0.3, -0.25) is 14.5 Å². The molecule has 0 saturated carbocycles. The number of nitrogens with zero attached hydrogens (tertiary/aromatic N) is 1. The summed E-state index contributed by atoms with van der Waals surface area (Å²) < 4.78 is 16.0. The van der Waals surface area contributed by atoms with E-state index >= 15 is 0 Å². The zero-order chi connectivity index (χ0) is 21.7. The van der Waals surface area contributed by atoms with Gasteiger partial charge >= 0.3 is 0 Å². The van der Waals surface area contributed by atoms with Gasteiger partial charge in [0.25, 0.3) is 5.91 Å². The summed E-state index contributed by atoms with van der Waals surface area (Å²) in [4.78, 5) is 26.9. The minimum atomic E-state index is -0.355. The van der Waals surface area contributed by atoms with Crippen molar-refractivity contribution in [1.29, 1.82) is 0 Å². The molecule has 156 valence electrons. The molecule has 2 aromatic carbocycles. The van der Waals surface area contributed by atoms with Crippen LogP contribution in [0, 0.1) is 0 Å². The van der Waals surface area contributed by atoms with Crippen LogP contribution in [0.1, 0.15) is 5.56 Å². The fourth-order valence-corrected chi connectivity index (χ4v) is 4.03. The Hall–Kier alpha value is -3.04. The Bertz CT molecular complexity index is 1020.